The summed E-state index contributed by atoms with van der Waals surface area (Å²) < 4.78 is 44.6. The molecule has 3 rings (SSSR count). The average molecular weight is 413 g/mol. The molecular formula is C20H26F3N3O3. The molecule has 1 aromatic rings. The molecular weight excluding hydrogens is 387 g/mol. The zero-order valence-electron chi connectivity index (χ0n) is 16.4. The first kappa shape index (κ1) is 21.4. The second-order valence-electron chi connectivity index (χ2n) is 7.50. The summed E-state index contributed by atoms with van der Waals surface area (Å²) in [5.41, 5.74) is -0.0705. The van der Waals surface area contributed by atoms with Gasteiger partial charge in [0.1, 0.15) is 0 Å². The zero-order chi connectivity index (χ0) is 21.0. The second-order valence-corrected chi connectivity index (χ2v) is 7.50. The Labute approximate surface area is 168 Å². The molecule has 0 aromatic heterocycles. The van der Waals surface area contributed by atoms with Crippen molar-refractivity contribution in [2.45, 2.75) is 31.9 Å². The Kier molecular flexibility index (Phi) is 6.66. The molecule has 0 aliphatic carbocycles. The van der Waals surface area contributed by atoms with Gasteiger partial charge < -0.3 is 19.9 Å². The van der Waals surface area contributed by atoms with Gasteiger partial charge in [-0.2, -0.15) is 13.2 Å². The number of alkyl halides is 3. The van der Waals surface area contributed by atoms with E-state index < -0.39 is 23.6 Å². The quantitative estimate of drug-likeness (QED) is 0.779. The number of anilines is 2. The molecule has 0 bridgehead atoms. The van der Waals surface area contributed by atoms with Crippen molar-refractivity contribution >= 4 is 23.2 Å². The van der Waals surface area contributed by atoms with E-state index in [4.69, 9.17) is 4.74 Å². The van der Waals surface area contributed by atoms with Gasteiger partial charge in [0.2, 0.25) is 11.8 Å². The van der Waals surface area contributed by atoms with Crippen molar-refractivity contribution in [1.82, 2.24) is 4.90 Å². The van der Waals surface area contributed by atoms with E-state index in [9.17, 15) is 22.8 Å². The number of rotatable bonds is 6. The number of piperidine rings is 1. The van der Waals surface area contributed by atoms with Crippen LogP contribution in [0.2, 0.25) is 0 Å². The third-order valence-corrected chi connectivity index (χ3v) is 5.43. The Balaban J connectivity index is 1.78. The van der Waals surface area contributed by atoms with Crippen LogP contribution in [0.5, 0.6) is 0 Å². The number of amides is 2. The zero-order valence-corrected chi connectivity index (χ0v) is 16.4. The molecule has 9 heteroatoms. The van der Waals surface area contributed by atoms with Gasteiger partial charge in [-0.25, -0.2) is 0 Å². The maximum absolute atomic E-state index is 13.2. The monoisotopic (exact) mass is 413 g/mol. The summed E-state index contributed by atoms with van der Waals surface area (Å²) in [5, 5.41) is 2.67. The van der Waals surface area contributed by atoms with Crippen molar-refractivity contribution in [3.63, 3.8) is 0 Å². The first-order valence-corrected chi connectivity index (χ1v) is 9.83. The average Bonchev–Trinajstić information content (AvgIpc) is 3.07. The molecule has 1 aromatic carbocycles. The Morgan fingerprint density at radius 1 is 1.24 bits per heavy atom. The van der Waals surface area contributed by atoms with Crippen LogP contribution in [0, 0.1) is 5.92 Å². The minimum atomic E-state index is -4.50. The molecule has 0 saturated carbocycles. The van der Waals surface area contributed by atoms with Crippen molar-refractivity contribution < 1.29 is 27.5 Å². The van der Waals surface area contributed by atoms with Crippen molar-refractivity contribution in [2.75, 3.05) is 50.1 Å². The van der Waals surface area contributed by atoms with Crippen molar-refractivity contribution in [3.05, 3.63) is 23.8 Å². The molecule has 2 fully saturated rings. The minimum absolute atomic E-state index is 0.0492. The molecule has 29 heavy (non-hydrogen) atoms. The van der Waals surface area contributed by atoms with Crippen LogP contribution in [0.25, 0.3) is 0 Å². The van der Waals surface area contributed by atoms with Crippen LogP contribution in [-0.4, -0.2) is 56.6 Å². The summed E-state index contributed by atoms with van der Waals surface area (Å²) in [6.07, 6.45) is -1.45. The molecule has 160 valence electrons. The summed E-state index contributed by atoms with van der Waals surface area (Å²) in [4.78, 5) is 28.4. The largest absolute Gasteiger partial charge is 0.416 e. The summed E-state index contributed by atoms with van der Waals surface area (Å²) in [6.45, 7) is 2.47. The fourth-order valence-corrected chi connectivity index (χ4v) is 3.82. The lowest BCUT2D eigenvalue weighted by atomic mass is 10.1. The van der Waals surface area contributed by atoms with Crippen LogP contribution in [0.15, 0.2) is 18.2 Å². The van der Waals surface area contributed by atoms with Gasteiger partial charge in [-0.15, -0.1) is 0 Å². The first-order chi connectivity index (χ1) is 13.8. The van der Waals surface area contributed by atoms with E-state index in [1.807, 2.05) is 4.90 Å². The molecule has 1 atom stereocenters. The molecule has 6 nitrogen and oxygen atoms in total. The summed E-state index contributed by atoms with van der Waals surface area (Å²) >= 11 is 0. The molecule has 1 unspecified atom stereocenters. The second kappa shape index (κ2) is 9.02. The summed E-state index contributed by atoms with van der Waals surface area (Å²) in [7, 11) is 1.53. The van der Waals surface area contributed by atoms with E-state index in [1.165, 1.54) is 13.2 Å². The lowest BCUT2D eigenvalue weighted by Gasteiger charge is -2.31. The van der Waals surface area contributed by atoms with Gasteiger partial charge in [-0.1, -0.05) is 0 Å². The van der Waals surface area contributed by atoms with Crippen LogP contribution >= 0.6 is 0 Å². The van der Waals surface area contributed by atoms with E-state index in [0.29, 0.717) is 18.8 Å². The number of hydrogen-bond donors (Lipinski definition) is 1. The Morgan fingerprint density at radius 2 is 1.97 bits per heavy atom. The van der Waals surface area contributed by atoms with Gasteiger partial charge in [0, 0.05) is 39.7 Å². The third kappa shape index (κ3) is 5.20. The number of benzene rings is 1. The van der Waals surface area contributed by atoms with Gasteiger partial charge in [-0.3, -0.25) is 9.59 Å². The smallest absolute Gasteiger partial charge is 0.383 e. The Morgan fingerprint density at radius 3 is 2.62 bits per heavy atom. The molecule has 2 aliphatic heterocycles. The van der Waals surface area contributed by atoms with Crippen LogP contribution < -0.4 is 10.2 Å². The predicted octanol–water partition coefficient (Wildman–Crippen LogP) is 3.13. The number of methoxy groups -OCH3 is 1. The molecule has 2 saturated heterocycles. The predicted molar refractivity (Wildman–Crippen MR) is 103 cm³/mol. The van der Waals surface area contributed by atoms with Crippen molar-refractivity contribution in [3.8, 4) is 0 Å². The third-order valence-electron chi connectivity index (χ3n) is 5.43. The fraction of sp³-hybridized carbons (Fsp3) is 0.600. The minimum Gasteiger partial charge on any atom is -0.383 e. The molecule has 0 radical (unpaired) electrons. The number of carbonyl (C=O) groups excluding carboxylic acids is 2. The van der Waals surface area contributed by atoms with E-state index in [2.05, 4.69) is 5.32 Å². The van der Waals surface area contributed by atoms with Gasteiger partial charge >= 0.3 is 6.18 Å². The number of likely N-dealkylation sites (tertiary alicyclic amines) is 1. The van der Waals surface area contributed by atoms with Gasteiger partial charge in [0.15, 0.2) is 0 Å². The number of hydrogen-bond acceptors (Lipinski definition) is 4. The number of carbonyl (C=O) groups is 2. The molecule has 1 N–H and O–H groups in total. The number of halogens is 3. The maximum atomic E-state index is 13.2. The van der Waals surface area contributed by atoms with E-state index in [0.717, 1.165) is 44.5 Å². The normalized spacial score (nSPS) is 20.3. The highest BCUT2D eigenvalue weighted by Crippen LogP contribution is 2.36. The van der Waals surface area contributed by atoms with Gasteiger partial charge in [0.25, 0.3) is 0 Å². The van der Waals surface area contributed by atoms with Crippen LogP contribution in [0.1, 0.15) is 31.2 Å². The molecule has 0 spiro atoms. The van der Waals surface area contributed by atoms with Crippen LogP contribution in [0.3, 0.4) is 0 Å². The number of nitrogens with one attached hydrogen (secondary N) is 1. The fourth-order valence-electron chi connectivity index (χ4n) is 3.82. The summed E-state index contributed by atoms with van der Waals surface area (Å²) in [6, 6.07) is 3.46. The molecule has 2 aliphatic rings. The van der Waals surface area contributed by atoms with Crippen molar-refractivity contribution in [1.29, 1.82) is 0 Å². The molecule has 2 amide bonds. The standard InChI is InChI=1S/C20H26F3N3O3/c1-29-10-9-26-13-14(11-18(26)27)19(28)24-16-12-15(20(21,22)23)5-6-17(16)25-7-3-2-4-8-25/h5-6,12,14H,2-4,7-11,13H2,1H3,(H,24,28). The van der Waals surface area contributed by atoms with E-state index in [-0.39, 0.29) is 24.6 Å². The van der Waals surface area contributed by atoms with E-state index in [1.54, 1.807) is 4.90 Å². The van der Waals surface area contributed by atoms with Crippen LogP contribution in [0.4, 0.5) is 24.5 Å². The van der Waals surface area contributed by atoms with E-state index >= 15 is 0 Å². The highest BCUT2D eigenvalue weighted by Gasteiger charge is 2.35. The SMILES string of the molecule is COCCN1CC(C(=O)Nc2cc(C(F)(F)F)ccc2N2CCCCC2)CC1=O. The maximum Gasteiger partial charge on any atom is 0.416 e. The number of nitrogens with zero attached hydrogens (tertiary/aromatic N) is 2. The van der Waals surface area contributed by atoms with Gasteiger partial charge in [0.05, 0.1) is 29.5 Å². The topological polar surface area (TPSA) is 61.9 Å². The Hall–Kier alpha value is -2.29. The summed E-state index contributed by atoms with van der Waals surface area (Å²) in [5.74, 6) is -1.18. The van der Waals surface area contributed by atoms with Crippen LogP contribution in [-0.2, 0) is 20.5 Å². The first-order valence-electron chi connectivity index (χ1n) is 9.83. The van der Waals surface area contributed by atoms with Crippen molar-refractivity contribution in [2.24, 2.45) is 5.92 Å². The highest BCUT2D eigenvalue weighted by atomic mass is 19.4. The highest BCUT2D eigenvalue weighted by molar-refractivity contribution is 5.99. The number of ether oxygens (including phenoxy) is 1. The Bertz CT molecular complexity index is 748. The van der Waals surface area contributed by atoms with Gasteiger partial charge in [-0.05, 0) is 37.5 Å². The lowest BCUT2D eigenvalue weighted by molar-refractivity contribution is -0.137. The lowest BCUT2D eigenvalue weighted by Crippen LogP contribution is -2.32. The molecule has 2 heterocycles.